The molecule has 3 atom stereocenters. The normalized spacial score (nSPS) is 34.5. The van der Waals surface area contributed by atoms with Crippen LogP contribution in [0.2, 0.25) is 0 Å². The number of fused-ring (bicyclic) bond motifs is 1. The number of hydrogen-bond acceptors (Lipinski definition) is 3. The number of hydrogen-bond donors (Lipinski definition) is 1. The van der Waals surface area contributed by atoms with E-state index in [1.54, 1.807) is 6.20 Å². The summed E-state index contributed by atoms with van der Waals surface area (Å²) < 4.78 is 7.99. The molecule has 0 bridgehead atoms. The van der Waals surface area contributed by atoms with Crippen LogP contribution in [0.1, 0.15) is 25.7 Å². The minimum absolute atomic E-state index is 0.344. The number of aromatic nitrogens is 2. The minimum Gasteiger partial charge on any atom is -0.373 e. The van der Waals surface area contributed by atoms with Crippen LogP contribution in [0.3, 0.4) is 0 Å². The highest BCUT2D eigenvalue weighted by molar-refractivity contribution is 5.16. The first-order valence-electron chi connectivity index (χ1n) is 5.75. The van der Waals surface area contributed by atoms with Gasteiger partial charge < -0.3 is 15.0 Å². The van der Waals surface area contributed by atoms with Crippen molar-refractivity contribution < 1.29 is 4.74 Å². The molecule has 82 valence electrons. The van der Waals surface area contributed by atoms with Crippen molar-refractivity contribution in [1.82, 2.24) is 9.55 Å². The van der Waals surface area contributed by atoms with E-state index in [1.165, 1.54) is 25.7 Å². The van der Waals surface area contributed by atoms with Gasteiger partial charge in [0.25, 0.3) is 0 Å². The molecule has 1 aliphatic heterocycles. The summed E-state index contributed by atoms with van der Waals surface area (Å²) in [6, 6.07) is 0. The first kappa shape index (κ1) is 9.21. The number of nitrogens with zero attached hydrogens (tertiary/aromatic N) is 2. The molecule has 0 aromatic carbocycles. The van der Waals surface area contributed by atoms with Gasteiger partial charge in [0, 0.05) is 12.4 Å². The lowest BCUT2D eigenvalue weighted by Gasteiger charge is -2.13. The van der Waals surface area contributed by atoms with Gasteiger partial charge in [0.05, 0.1) is 18.8 Å². The maximum Gasteiger partial charge on any atom is 0.200 e. The minimum atomic E-state index is 0.344. The van der Waals surface area contributed by atoms with Gasteiger partial charge in [-0.05, 0) is 25.2 Å². The predicted molar refractivity (Wildman–Crippen MR) is 57.3 cm³/mol. The van der Waals surface area contributed by atoms with Gasteiger partial charge in [-0.2, -0.15) is 0 Å². The van der Waals surface area contributed by atoms with Crippen LogP contribution in [-0.4, -0.2) is 21.8 Å². The van der Waals surface area contributed by atoms with Crippen LogP contribution in [0.25, 0.3) is 0 Å². The van der Waals surface area contributed by atoms with Crippen LogP contribution in [0.4, 0.5) is 5.95 Å². The maximum absolute atomic E-state index is 6.01. The second-order valence-corrected chi connectivity index (χ2v) is 4.66. The molecule has 2 aliphatic rings. The standard InChI is InChI=1S/C11H17N3O/c12-11-13-4-5-14(11)7-9-6-8-2-1-3-10(8)15-9/h4-5,8-10H,1-3,6-7H2,(H2,12,13). The van der Waals surface area contributed by atoms with Crippen LogP contribution in [0.15, 0.2) is 12.4 Å². The molecule has 2 N–H and O–H groups in total. The summed E-state index contributed by atoms with van der Waals surface area (Å²) >= 11 is 0. The van der Waals surface area contributed by atoms with Crippen LogP contribution in [0.5, 0.6) is 0 Å². The molecule has 2 fully saturated rings. The Balaban J connectivity index is 1.64. The van der Waals surface area contributed by atoms with Gasteiger partial charge >= 0.3 is 0 Å². The summed E-state index contributed by atoms with van der Waals surface area (Å²) in [6.07, 6.45) is 9.67. The van der Waals surface area contributed by atoms with Crippen molar-refractivity contribution in [3.8, 4) is 0 Å². The van der Waals surface area contributed by atoms with Crippen LogP contribution in [-0.2, 0) is 11.3 Å². The summed E-state index contributed by atoms with van der Waals surface area (Å²) in [7, 11) is 0. The first-order chi connectivity index (χ1) is 7.33. The first-order valence-corrected chi connectivity index (χ1v) is 5.75. The van der Waals surface area contributed by atoms with Gasteiger partial charge in [-0.15, -0.1) is 0 Å². The van der Waals surface area contributed by atoms with Crippen molar-refractivity contribution >= 4 is 5.95 Å². The van der Waals surface area contributed by atoms with Crippen molar-refractivity contribution in [3.05, 3.63) is 12.4 Å². The average Bonchev–Trinajstić information content (AvgIpc) is 2.83. The fraction of sp³-hybridized carbons (Fsp3) is 0.727. The highest BCUT2D eigenvalue weighted by Crippen LogP contribution is 2.39. The molecule has 0 amide bonds. The molecule has 2 heterocycles. The molecule has 1 aliphatic carbocycles. The van der Waals surface area contributed by atoms with Gasteiger partial charge in [-0.3, -0.25) is 0 Å². The zero-order valence-electron chi connectivity index (χ0n) is 8.80. The predicted octanol–water partition coefficient (Wildman–Crippen LogP) is 1.42. The summed E-state index contributed by atoms with van der Waals surface area (Å²) in [5.74, 6) is 1.40. The van der Waals surface area contributed by atoms with Crippen molar-refractivity contribution in [2.75, 3.05) is 5.73 Å². The number of ether oxygens (including phenoxy) is 1. The Bertz CT molecular complexity index is 337. The third-order valence-corrected chi connectivity index (χ3v) is 3.67. The molecular weight excluding hydrogens is 190 g/mol. The van der Waals surface area contributed by atoms with Gasteiger partial charge in [0.1, 0.15) is 0 Å². The largest absolute Gasteiger partial charge is 0.373 e. The molecule has 4 heteroatoms. The van der Waals surface area contributed by atoms with Crippen molar-refractivity contribution in [2.45, 2.75) is 44.4 Å². The summed E-state index contributed by atoms with van der Waals surface area (Å²) in [5, 5.41) is 0. The van der Waals surface area contributed by atoms with Crippen molar-refractivity contribution in [2.24, 2.45) is 5.92 Å². The number of imidazole rings is 1. The molecule has 1 saturated carbocycles. The van der Waals surface area contributed by atoms with E-state index in [0.29, 0.717) is 18.2 Å². The van der Waals surface area contributed by atoms with Gasteiger partial charge in [0.15, 0.2) is 5.95 Å². The van der Waals surface area contributed by atoms with Gasteiger partial charge in [-0.1, -0.05) is 6.42 Å². The van der Waals surface area contributed by atoms with E-state index in [9.17, 15) is 0 Å². The van der Waals surface area contributed by atoms with E-state index in [-0.39, 0.29) is 0 Å². The van der Waals surface area contributed by atoms with Crippen LogP contribution < -0.4 is 5.73 Å². The number of nitrogen functional groups attached to an aromatic ring is 1. The fourth-order valence-electron chi connectivity index (χ4n) is 2.92. The Morgan fingerprint density at radius 3 is 3.20 bits per heavy atom. The highest BCUT2D eigenvalue weighted by Gasteiger charge is 2.38. The molecule has 3 rings (SSSR count). The Labute approximate surface area is 89.4 Å². The quantitative estimate of drug-likeness (QED) is 0.798. The molecule has 4 nitrogen and oxygen atoms in total. The van der Waals surface area contributed by atoms with E-state index in [4.69, 9.17) is 10.5 Å². The number of nitrogens with two attached hydrogens (primary N) is 1. The SMILES string of the molecule is Nc1nccn1CC1CC2CCCC2O1. The molecular formula is C11H17N3O. The molecule has 0 spiro atoms. The number of rotatable bonds is 2. The Kier molecular flexibility index (Phi) is 2.16. The molecule has 1 aromatic heterocycles. The zero-order chi connectivity index (χ0) is 10.3. The maximum atomic E-state index is 6.01. The molecule has 1 saturated heterocycles. The lowest BCUT2D eigenvalue weighted by molar-refractivity contribution is 0.0324. The lowest BCUT2D eigenvalue weighted by Crippen LogP contribution is -2.18. The Hall–Kier alpha value is -1.03. The van der Waals surface area contributed by atoms with E-state index in [2.05, 4.69) is 4.98 Å². The molecule has 15 heavy (non-hydrogen) atoms. The van der Waals surface area contributed by atoms with Gasteiger partial charge in [-0.25, -0.2) is 4.98 Å². The average molecular weight is 207 g/mol. The summed E-state index contributed by atoms with van der Waals surface area (Å²) in [6.45, 7) is 0.860. The Morgan fingerprint density at radius 2 is 2.47 bits per heavy atom. The van der Waals surface area contributed by atoms with Gasteiger partial charge in [0.2, 0.25) is 0 Å². The third-order valence-electron chi connectivity index (χ3n) is 3.67. The lowest BCUT2D eigenvalue weighted by atomic mass is 10.0. The number of anilines is 1. The van der Waals surface area contributed by atoms with E-state index < -0.39 is 0 Å². The second kappa shape index (κ2) is 3.52. The van der Waals surface area contributed by atoms with E-state index in [1.807, 2.05) is 10.8 Å². The third kappa shape index (κ3) is 1.63. The zero-order valence-corrected chi connectivity index (χ0v) is 8.80. The van der Waals surface area contributed by atoms with Crippen LogP contribution >= 0.6 is 0 Å². The summed E-state index contributed by atoms with van der Waals surface area (Å²) in [5.41, 5.74) is 5.73. The topological polar surface area (TPSA) is 53.1 Å². The smallest absolute Gasteiger partial charge is 0.200 e. The van der Waals surface area contributed by atoms with E-state index >= 15 is 0 Å². The van der Waals surface area contributed by atoms with Crippen LogP contribution in [0, 0.1) is 5.92 Å². The second-order valence-electron chi connectivity index (χ2n) is 4.66. The molecule has 0 radical (unpaired) electrons. The van der Waals surface area contributed by atoms with E-state index in [0.717, 1.165) is 12.5 Å². The fourth-order valence-corrected chi connectivity index (χ4v) is 2.92. The van der Waals surface area contributed by atoms with Crippen molar-refractivity contribution in [3.63, 3.8) is 0 Å². The molecule has 1 aromatic rings. The monoisotopic (exact) mass is 207 g/mol. The Morgan fingerprint density at radius 1 is 1.53 bits per heavy atom. The summed E-state index contributed by atoms with van der Waals surface area (Å²) in [4.78, 5) is 4.02. The molecule has 3 unspecified atom stereocenters. The van der Waals surface area contributed by atoms with Crippen molar-refractivity contribution in [1.29, 1.82) is 0 Å². The highest BCUT2D eigenvalue weighted by atomic mass is 16.5.